The summed E-state index contributed by atoms with van der Waals surface area (Å²) in [6.45, 7) is 9.05. The quantitative estimate of drug-likeness (QED) is 0.0361. The van der Waals surface area contributed by atoms with Crippen molar-refractivity contribution >= 4 is 23.9 Å². The first-order valence-corrected chi connectivity index (χ1v) is 16.7. The van der Waals surface area contributed by atoms with E-state index in [2.05, 4.69) is 13.2 Å². The molecular weight excluding hydrogens is 766 g/mol. The maximum absolute atomic E-state index is 14.8. The number of ether oxygens (including phenoxy) is 6. The molecule has 0 saturated carbocycles. The second-order valence-electron chi connectivity index (χ2n) is 12.1. The fourth-order valence-electron chi connectivity index (χ4n) is 5.52. The van der Waals surface area contributed by atoms with Crippen LogP contribution in [0.25, 0.3) is 0 Å². The molecule has 10 nitrogen and oxygen atoms in total. The summed E-state index contributed by atoms with van der Waals surface area (Å²) in [5, 5.41) is 0. The van der Waals surface area contributed by atoms with Crippen LogP contribution in [0, 0.1) is 13.8 Å². The Balaban J connectivity index is 1.46. The average molecular weight is 801 g/mol. The minimum absolute atomic E-state index is 0.303. The molecule has 0 atom stereocenters. The summed E-state index contributed by atoms with van der Waals surface area (Å²) in [6, 6.07) is 14.7. The van der Waals surface area contributed by atoms with Crippen LogP contribution < -0.4 is 18.9 Å². The first-order valence-electron chi connectivity index (χ1n) is 16.7. The molecule has 0 aliphatic carbocycles. The summed E-state index contributed by atoms with van der Waals surface area (Å²) in [5.74, 6) is -3.07. The summed E-state index contributed by atoms with van der Waals surface area (Å²) in [5.41, 5.74) is -4.82. The fraction of sp³-hybridized carbons (Fsp3) is 0.220. The Bertz CT molecular complexity index is 1960. The predicted molar refractivity (Wildman–Crippen MR) is 190 cm³/mol. The highest BCUT2D eigenvalue weighted by molar-refractivity contribution is 5.81. The van der Waals surface area contributed by atoms with Crippen LogP contribution in [-0.2, 0) is 46.9 Å². The monoisotopic (exact) mass is 800 g/mol. The van der Waals surface area contributed by atoms with Gasteiger partial charge in [0.05, 0.1) is 12.8 Å². The molecule has 0 heterocycles. The molecule has 4 aromatic rings. The van der Waals surface area contributed by atoms with Crippen LogP contribution in [-0.4, -0.2) is 49.8 Å². The third-order valence-corrected chi connectivity index (χ3v) is 8.37. The third-order valence-electron chi connectivity index (χ3n) is 8.37. The lowest BCUT2D eigenvalue weighted by atomic mass is 9.73. The largest absolute Gasteiger partial charge is 0.457 e. The predicted octanol–water partition coefficient (Wildman–Crippen LogP) is 8.14. The summed E-state index contributed by atoms with van der Waals surface area (Å²) in [7, 11) is 0. The molecule has 0 aromatic heterocycles. The fourth-order valence-corrected chi connectivity index (χ4v) is 5.52. The second-order valence-corrected chi connectivity index (χ2v) is 12.1. The highest BCUT2D eigenvalue weighted by atomic mass is 19.4. The second kappa shape index (κ2) is 18.4. The van der Waals surface area contributed by atoms with E-state index in [0.29, 0.717) is 58.0 Å². The zero-order valence-corrected chi connectivity index (χ0v) is 30.3. The number of alkyl halides is 6. The van der Waals surface area contributed by atoms with Gasteiger partial charge in [0.15, 0.2) is 0 Å². The molecule has 0 N–H and O–H groups in total. The molecule has 300 valence electrons. The van der Waals surface area contributed by atoms with E-state index < -0.39 is 52.8 Å². The number of hydrogen-bond donors (Lipinski definition) is 0. The molecule has 0 aliphatic heterocycles. The summed E-state index contributed by atoms with van der Waals surface area (Å²) in [6.07, 6.45) is -10.5. The molecule has 0 amide bonds. The van der Waals surface area contributed by atoms with Crippen molar-refractivity contribution in [3.05, 3.63) is 144 Å². The van der Waals surface area contributed by atoms with Gasteiger partial charge in [-0.1, -0.05) is 49.6 Å². The number of halogens is 6. The lowest BCUT2D eigenvalue weighted by Crippen LogP contribution is -2.54. The van der Waals surface area contributed by atoms with Crippen LogP contribution in [0.5, 0.6) is 23.0 Å². The first-order chi connectivity index (χ1) is 26.9. The average Bonchev–Trinajstić information content (AvgIpc) is 3.14. The number of rotatable bonds is 16. The van der Waals surface area contributed by atoms with Crippen LogP contribution >= 0.6 is 0 Å². The van der Waals surface area contributed by atoms with E-state index >= 15 is 0 Å². The van der Waals surface area contributed by atoms with Gasteiger partial charge in [-0.05, 0) is 95.8 Å². The lowest BCUT2D eigenvalue weighted by molar-refractivity contribution is -0.288. The smallest absolute Gasteiger partial charge is 0.411 e. The summed E-state index contributed by atoms with van der Waals surface area (Å²) >= 11 is 0. The van der Waals surface area contributed by atoms with Gasteiger partial charge < -0.3 is 28.4 Å². The van der Waals surface area contributed by atoms with Gasteiger partial charge >= 0.3 is 36.2 Å². The minimum Gasteiger partial charge on any atom is -0.457 e. The van der Waals surface area contributed by atoms with Crippen molar-refractivity contribution in [2.75, 3.05) is 13.6 Å². The zero-order valence-electron chi connectivity index (χ0n) is 30.3. The van der Waals surface area contributed by atoms with Gasteiger partial charge in [0, 0.05) is 12.2 Å². The number of esters is 4. The van der Waals surface area contributed by atoms with Gasteiger partial charge in [0.1, 0.15) is 23.0 Å². The van der Waals surface area contributed by atoms with Crippen molar-refractivity contribution in [1.82, 2.24) is 0 Å². The van der Waals surface area contributed by atoms with Crippen LogP contribution in [0.1, 0.15) is 33.4 Å². The molecule has 4 rings (SSSR count). The molecule has 0 aliphatic rings. The number of benzene rings is 4. The number of carbonyl (C=O) groups excluding carboxylic acids is 4. The molecule has 0 unspecified atom stereocenters. The Kier molecular flexibility index (Phi) is 13.9. The molecular formula is C41H34F6O10. The molecule has 0 bridgehead atoms. The maximum Gasteiger partial charge on any atom is 0.411 e. The van der Waals surface area contributed by atoms with Crippen molar-refractivity contribution in [3.63, 3.8) is 0 Å². The van der Waals surface area contributed by atoms with Crippen molar-refractivity contribution in [2.45, 2.75) is 44.5 Å². The van der Waals surface area contributed by atoms with E-state index in [0.717, 1.165) is 36.4 Å². The standard InChI is InChI=1S/C41H34F6O10/c1-5-35(48)54-23-52-33-13-7-27(25(3)19-33)21-37(50)56-31-15-9-29(10-16-31)39(40(42,43)44,41(45,46)47)30-11-17-32(18-12-30)57-38(51)22-28-8-14-34(20-26(28)4)53-24-55-36(49)6-2/h5-20H,1-2,21-24H2,3-4H3. The van der Waals surface area contributed by atoms with Crippen LogP contribution in [0.4, 0.5) is 26.3 Å². The van der Waals surface area contributed by atoms with E-state index in [1.165, 1.54) is 24.3 Å². The Hall–Kier alpha value is -6.58. The molecule has 4 aromatic carbocycles. The molecule has 57 heavy (non-hydrogen) atoms. The molecule has 0 fully saturated rings. The van der Waals surface area contributed by atoms with Crippen LogP contribution in [0.15, 0.2) is 110 Å². The number of hydrogen-bond acceptors (Lipinski definition) is 10. The van der Waals surface area contributed by atoms with Gasteiger partial charge in [0.2, 0.25) is 19.0 Å². The molecule has 0 saturated heterocycles. The van der Waals surface area contributed by atoms with E-state index in [1.54, 1.807) is 26.0 Å². The lowest BCUT2D eigenvalue weighted by Gasteiger charge is -2.38. The van der Waals surface area contributed by atoms with Gasteiger partial charge in [0.25, 0.3) is 0 Å². The molecule has 0 spiro atoms. The highest BCUT2D eigenvalue weighted by Crippen LogP contribution is 2.56. The van der Waals surface area contributed by atoms with Gasteiger partial charge in [-0.2, -0.15) is 26.3 Å². The van der Waals surface area contributed by atoms with Crippen molar-refractivity contribution in [3.8, 4) is 23.0 Å². The number of aryl methyl sites for hydroxylation is 2. The van der Waals surface area contributed by atoms with Gasteiger partial charge in [-0.25, -0.2) is 9.59 Å². The van der Waals surface area contributed by atoms with Crippen molar-refractivity contribution in [2.24, 2.45) is 0 Å². The van der Waals surface area contributed by atoms with Crippen molar-refractivity contribution < 1.29 is 73.9 Å². The number of carbonyl (C=O) groups is 4. The highest BCUT2D eigenvalue weighted by Gasteiger charge is 2.72. The van der Waals surface area contributed by atoms with Crippen LogP contribution in [0.3, 0.4) is 0 Å². The zero-order chi connectivity index (χ0) is 42.0. The van der Waals surface area contributed by atoms with Gasteiger partial charge in [-0.3, -0.25) is 9.59 Å². The molecule has 16 heteroatoms. The van der Waals surface area contributed by atoms with Crippen molar-refractivity contribution in [1.29, 1.82) is 0 Å². The first kappa shape index (κ1) is 43.2. The molecule has 0 radical (unpaired) electrons. The van der Waals surface area contributed by atoms with E-state index in [4.69, 9.17) is 28.4 Å². The topological polar surface area (TPSA) is 124 Å². The van der Waals surface area contributed by atoms with Gasteiger partial charge in [-0.15, -0.1) is 0 Å². The van der Waals surface area contributed by atoms with Crippen LogP contribution in [0.2, 0.25) is 0 Å². The normalized spacial score (nSPS) is 11.5. The SMILES string of the molecule is C=CC(=O)OCOc1ccc(CC(=O)Oc2ccc(C(c3ccc(OC(=O)Cc4ccc(OCOC(=O)C=C)cc4C)cc3)(C(F)(F)F)C(F)(F)F)cc2)c(C)c1. The Morgan fingerprint density at radius 1 is 0.544 bits per heavy atom. The summed E-state index contributed by atoms with van der Waals surface area (Å²) in [4.78, 5) is 47.7. The minimum atomic E-state index is -5.91. The Labute approximate surface area is 322 Å². The van der Waals surface area contributed by atoms with E-state index in [1.807, 2.05) is 0 Å². The Morgan fingerprint density at radius 3 is 1.18 bits per heavy atom. The Morgan fingerprint density at radius 2 is 0.877 bits per heavy atom. The summed E-state index contributed by atoms with van der Waals surface area (Å²) < 4.78 is 119. The maximum atomic E-state index is 14.8. The van der Waals surface area contributed by atoms with E-state index in [-0.39, 0.29) is 37.9 Å². The van der Waals surface area contributed by atoms with E-state index in [9.17, 15) is 45.5 Å². The third kappa shape index (κ3) is 10.8.